The molecular formula is C13H25BO. The third-order valence-electron chi connectivity index (χ3n) is 6.21. The zero-order chi connectivity index (χ0) is 11.3. The van der Waals surface area contributed by atoms with Gasteiger partial charge in [-0.05, 0) is 35.4 Å². The summed E-state index contributed by atoms with van der Waals surface area (Å²) in [4.78, 5) is 0. The maximum Gasteiger partial charge on any atom is 0.111 e. The molecule has 2 saturated carbocycles. The highest BCUT2D eigenvalue weighted by atomic mass is 16.3. The molecule has 1 N–H and O–H groups in total. The Hall–Kier alpha value is 0.0249. The van der Waals surface area contributed by atoms with Crippen molar-refractivity contribution in [1.29, 1.82) is 0 Å². The summed E-state index contributed by atoms with van der Waals surface area (Å²) in [5, 5.41) is 10.6. The van der Waals surface area contributed by atoms with Crippen LogP contribution < -0.4 is 0 Å². The maximum atomic E-state index is 10.3. The van der Waals surface area contributed by atoms with Crippen LogP contribution in [0.5, 0.6) is 0 Å². The van der Waals surface area contributed by atoms with Gasteiger partial charge >= 0.3 is 0 Å². The molecule has 0 aromatic carbocycles. The van der Waals surface area contributed by atoms with Crippen LogP contribution in [0.4, 0.5) is 0 Å². The summed E-state index contributed by atoms with van der Waals surface area (Å²) < 4.78 is 0. The van der Waals surface area contributed by atoms with E-state index >= 15 is 0 Å². The molecule has 2 heteroatoms. The first-order valence-corrected chi connectivity index (χ1v) is 6.52. The molecule has 0 aliphatic heterocycles. The molecule has 0 heterocycles. The molecule has 0 spiro atoms. The standard InChI is InChI=1S/C13H25BO/c1-11(2)10(15)6-9-12(3)7-4-5-8-13(11,12)14/h10,15H,4-9,14H2,1-3H3/t10?,12?,13-/m1/s1. The van der Waals surface area contributed by atoms with E-state index in [2.05, 4.69) is 28.6 Å². The second kappa shape index (κ2) is 3.26. The number of aliphatic hydroxyl groups excluding tert-OH is 1. The van der Waals surface area contributed by atoms with E-state index in [4.69, 9.17) is 0 Å². The molecule has 0 aromatic rings. The normalized spacial score (nSPS) is 49.7. The predicted octanol–water partition coefficient (Wildman–Crippen LogP) is 2.54. The Morgan fingerprint density at radius 3 is 2.33 bits per heavy atom. The fourth-order valence-corrected chi connectivity index (χ4v) is 4.26. The molecule has 2 rings (SSSR count). The second-order valence-corrected chi connectivity index (χ2v) is 6.88. The molecule has 0 radical (unpaired) electrons. The quantitative estimate of drug-likeness (QED) is 0.606. The van der Waals surface area contributed by atoms with E-state index in [1.807, 2.05) is 0 Å². The van der Waals surface area contributed by atoms with Crippen LogP contribution >= 0.6 is 0 Å². The average molecular weight is 208 g/mol. The van der Waals surface area contributed by atoms with Crippen molar-refractivity contribution in [2.45, 2.75) is 70.7 Å². The van der Waals surface area contributed by atoms with Crippen LogP contribution in [0.1, 0.15) is 59.3 Å². The molecule has 2 aliphatic carbocycles. The Labute approximate surface area is 95.1 Å². The highest BCUT2D eigenvalue weighted by Gasteiger charge is 2.59. The highest BCUT2D eigenvalue weighted by molar-refractivity contribution is 6.16. The van der Waals surface area contributed by atoms with Gasteiger partial charge in [-0.25, -0.2) is 0 Å². The third kappa shape index (κ3) is 1.33. The van der Waals surface area contributed by atoms with E-state index in [0.717, 1.165) is 6.42 Å². The van der Waals surface area contributed by atoms with Crippen molar-refractivity contribution in [1.82, 2.24) is 0 Å². The van der Waals surface area contributed by atoms with E-state index < -0.39 is 0 Å². The predicted molar refractivity (Wildman–Crippen MR) is 66.8 cm³/mol. The lowest BCUT2D eigenvalue weighted by Crippen LogP contribution is -2.55. The summed E-state index contributed by atoms with van der Waals surface area (Å²) in [6.07, 6.45) is 7.51. The molecular weight excluding hydrogens is 183 g/mol. The van der Waals surface area contributed by atoms with Gasteiger partial charge in [-0.3, -0.25) is 0 Å². The van der Waals surface area contributed by atoms with Gasteiger partial charge in [0.25, 0.3) is 0 Å². The lowest BCUT2D eigenvalue weighted by molar-refractivity contribution is -0.0994. The van der Waals surface area contributed by atoms with Crippen LogP contribution in [0, 0.1) is 10.8 Å². The first-order valence-electron chi connectivity index (χ1n) is 6.52. The van der Waals surface area contributed by atoms with Gasteiger partial charge in [0.15, 0.2) is 0 Å². The van der Waals surface area contributed by atoms with Crippen molar-refractivity contribution in [3.8, 4) is 0 Å². The molecule has 1 nitrogen and oxygen atoms in total. The van der Waals surface area contributed by atoms with Crippen LogP contribution in [0.2, 0.25) is 5.31 Å². The Kier molecular flexibility index (Phi) is 2.50. The Balaban J connectivity index is 2.40. The van der Waals surface area contributed by atoms with Crippen molar-refractivity contribution in [3.05, 3.63) is 0 Å². The molecule has 0 saturated heterocycles. The molecule has 0 amide bonds. The van der Waals surface area contributed by atoms with Gasteiger partial charge < -0.3 is 5.11 Å². The van der Waals surface area contributed by atoms with Gasteiger partial charge in [0.05, 0.1) is 6.10 Å². The van der Waals surface area contributed by atoms with E-state index in [0.29, 0.717) is 10.7 Å². The highest BCUT2D eigenvalue weighted by Crippen LogP contribution is 2.69. The van der Waals surface area contributed by atoms with Crippen molar-refractivity contribution < 1.29 is 5.11 Å². The third-order valence-corrected chi connectivity index (χ3v) is 6.21. The van der Waals surface area contributed by atoms with Crippen LogP contribution in [-0.2, 0) is 0 Å². The molecule has 3 atom stereocenters. The minimum Gasteiger partial charge on any atom is -0.393 e. The van der Waals surface area contributed by atoms with E-state index in [-0.39, 0.29) is 11.5 Å². The fourth-order valence-electron chi connectivity index (χ4n) is 4.26. The fraction of sp³-hybridized carbons (Fsp3) is 1.00. The first-order chi connectivity index (χ1) is 6.83. The summed E-state index contributed by atoms with van der Waals surface area (Å²) in [5.41, 5.74) is 0.550. The van der Waals surface area contributed by atoms with Crippen molar-refractivity contribution >= 4 is 7.85 Å². The molecule has 2 unspecified atom stereocenters. The monoisotopic (exact) mass is 208 g/mol. The van der Waals surface area contributed by atoms with Gasteiger partial charge in [-0.1, -0.05) is 40.0 Å². The molecule has 2 fully saturated rings. The van der Waals surface area contributed by atoms with Crippen LogP contribution in [-0.4, -0.2) is 19.1 Å². The van der Waals surface area contributed by atoms with Crippen molar-refractivity contribution in [2.75, 3.05) is 0 Å². The molecule has 2 aliphatic rings. The van der Waals surface area contributed by atoms with Gasteiger partial charge in [0.1, 0.15) is 7.85 Å². The summed E-state index contributed by atoms with van der Waals surface area (Å²) in [7, 11) is 2.43. The van der Waals surface area contributed by atoms with E-state index in [1.54, 1.807) is 0 Å². The summed E-state index contributed by atoms with van der Waals surface area (Å²) in [6, 6.07) is 0. The largest absolute Gasteiger partial charge is 0.393 e. The Morgan fingerprint density at radius 2 is 1.67 bits per heavy atom. The molecule has 0 aromatic heterocycles. The topological polar surface area (TPSA) is 20.2 Å². The number of fused-ring (bicyclic) bond motifs is 1. The zero-order valence-electron chi connectivity index (χ0n) is 10.8. The van der Waals surface area contributed by atoms with Crippen LogP contribution in [0.25, 0.3) is 0 Å². The number of aliphatic hydroxyl groups is 1. The maximum absolute atomic E-state index is 10.3. The van der Waals surface area contributed by atoms with Gasteiger partial charge in [0.2, 0.25) is 0 Å². The van der Waals surface area contributed by atoms with Crippen LogP contribution in [0.3, 0.4) is 0 Å². The van der Waals surface area contributed by atoms with Crippen molar-refractivity contribution in [3.63, 3.8) is 0 Å². The molecule has 0 bridgehead atoms. The first kappa shape index (κ1) is 11.5. The summed E-state index contributed by atoms with van der Waals surface area (Å²) >= 11 is 0. The average Bonchev–Trinajstić information content (AvgIpc) is 2.17. The zero-order valence-corrected chi connectivity index (χ0v) is 10.8. The van der Waals surface area contributed by atoms with Gasteiger partial charge in [0, 0.05) is 0 Å². The number of hydrogen-bond acceptors (Lipinski definition) is 1. The Bertz CT molecular complexity index is 257. The van der Waals surface area contributed by atoms with E-state index in [9.17, 15) is 5.11 Å². The van der Waals surface area contributed by atoms with Gasteiger partial charge in [-0.15, -0.1) is 0 Å². The molecule has 86 valence electrons. The van der Waals surface area contributed by atoms with Gasteiger partial charge in [-0.2, -0.15) is 0 Å². The van der Waals surface area contributed by atoms with E-state index in [1.165, 1.54) is 32.1 Å². The Morgan fingerprint density at radius 1 is 1.07 bits per heavy atom. The smallest absolute Gasteiger partial charge is 0.111 e. The minimum atomic E-state index is -0.103. The lowest BCUT2D eigenvalue weighted by Gasteiger charge is -2.63. The number of hydrogen-bond donors (Lipinski definition) is 1. The minimum absolute atomic E-state index is 0.0837. The number of rotatable bonds is 0. The summed E-state index contributed by atoms with van der Waals surface area (Å²) in [5.74, 6) is 0. The lowest BCUT2D eigenvalue weighted by atomic mass is 9.34. The van der Waals surface area contributed by atoms with Crippen LogP contribution in [0.15, 0.2) is 0 Å². The summed E-state index contributed by atoms with van der Waals surface area (Å²) in [6.45, 7) is 7.01. The van der Waals surface area contributed by atoms with Crippen molar-refractivity contribution in [2.24, 2.45) is 10.8 Å². The second-order valence-electron chi connectivity index (χ2n) is 6.88. The SMILES string of the molecule is B[C@@]12CCCCC1(C)CCC(O)C2(C)C. The molecule has 15 heavy (non-hydrogen) atoms.